The van der Waals surface area contributed by atoms with Gasteiger partial charge < -0.3 is 10.2 Å². The molecule has 0 unspecified atom stereocenters. The van der Waals surface area contributed by atoms with Crippen molar-refractivity contribution in [1.82, 2.24) is 9.88 Å². The predicted octanol–water partition coefficient (Wildman–Crippen LogP) is 2.80. The Kier molecular flexibility index (Phi) is 4.92. The number of pyridine rings is 1. The molecule has 4 nitrogen and oxygen atoms in total. The van der Waals surface area contributed by atoms with Crippen LogP contribution in [0.1, 0.15) is 43.7 Å². The van der Waals surface area contributed by atoms with Crippen LogP contribution in [0.5, 0.6) is 0 Å². The Morgan fingerprint density at radius 3 is 2.47 bits per heavy atom. The average Bonchev–Trinajstić information content (AvgIpc) is 2.35. The number of rotatable bonds is 4. The minimum atomic E-state index is 0.0449. The summed E-state index contributed by atoms with van der Waals surface area (Å²) in [5, 5.41) is 3.00. The number of nitrogens with one attached hydrogen (secondary N) is 1. The molecule has 0 bridgehead atoms. The third-order valence-electron chi connectivity index (χ3n) is 2.80. The van der Waals surface area contributed by atoms with Gasteiger partial charge in [0, 0.05) is 31.9 Å². The van der Waals surface area contributed by atoms with Gasteiger partial charge in [-0.15, -0.1) is 0 Å². The summed E-state index contributed by atoms with van der Waals surface area (Å²) in [6, 6.07) is 3.68. The van der Waals surface area contributed by atoms with Crippen LogP contribution in [0, 0.1) is 5.41 Å². The molecule has 0 aliphatic carbocycles. The van der Waals surface area contributed by atoms with Crippen LogP contribution >= 0.6 is 0 Å². The number of hydrogen-bond donors (Lipinski definition) is 1. The van der Waals surface area contributed by atoms with Crippen LogP contribution in [0.25, 0.3) is 0 Å². The number of amides is 1. The molecule has 1 aromatic rings. The number of aryl methyl sites for hydroxylation is 1. The Labute approximate surface area is 116 Å². The van der Waals surface area contributed by atoms with E-state index < -0.39 is 0 Å². The van der Waals surface area contributed by atoms with Crippen molar-refractivity contribution in [2.75, 3.05) is 26.0 Å². The van der Waals surface area contributed by atoms with E-state index in [0.29, 0.717) is 5.56 Å². The van der Waals surface area contributed by atoms with Gasteiger partial charge in [0.1, 0.15) is 5.82 Å². The minimum absolute atomic E-state index is 0.0449. The number of anilines is 1. The molecular formula is C15H25N3O. The van der Waals surface area contributed by atoms with Gasteiger partial charge in [0.2, 0.25) is 0 Å². The zero-order valence-electron chi connectivity index (χ0n) is 12.9. The van der Waals surface area contributed by atoms with E-state index in [4.69, 9.17) is 0 Å². The number of carbonyl (C=O) groups is 1. The topological polar surface area (TPSA) is 45.2 Å². The molecule has 0 radical (unpaired) electrons. The van der Waals surface area contributed by atoms with Crippen LogP contribution in [-0.4, -0.2) is 36.4 Å². The molecule has 1 rings (SSSR count). The number of hydrogen-bond acceptors (Lipinski definition) is 3. The first-order valence-electron chi connectivity index (χ1n) is 6.71. The zero-order valence-corrected chi connectivity index (χ0v) is 12.9. The van der Waals surface area contributed by atoms with Gasteiger partial charge in [0.15, 0.2) is 0 Å². The SMILES string of the molecule is CCc1cc(C(=O)N(C)CC(C)(C)C)cc(NC)n1. The Hall–Kier alpha value is -1.58. The largest absolute Gasteiger partial charge is 0.373 e. The van der Waals surface area contributed by atoms with E-state index in [9.17, 15) is 4.79 Å². The van der Waals surface area contributed by atoms with Gasteiger partial charge in [-0.1, -0.05) is 27.7 Å². The lowest BCUT2D eigenvalue weighted by atomic mass is 9.96. The Morgan fingerprint density at radius 2 is 2.00 bits per heavy atom. The maximum atomic E-state index is 12.4. The van der Waals surface area contributed by atoms with Crippen molar-refractivity contribution >= 4 is 11.7 Å². The minimum Gasteiger partial charge on any atom is -0.373 e. The molecule has 1 N–H and O–H groups in total. The van der Waals surface area contributed by atoms with E-state index in [2.05, 4.69) is 31.1 Å². The molecule has 0 aliphatic rings. The fraction of sp³-hybridized carbons (Fsp3) is 0.600. The Balaban J connectivity index is 2.98. The number of nitrogens with zero attached hydrogens (tertiary/aromatic N) is 2. The van der Waals surface area contributed by atoms with Crippen LogP contribution in [0.3, 0.4) is 0 Å². The van der Waals surface area contributed by atoms with Gasteiger partial charge in [0.25, 0.3) is 5.91 Å². The third kappa shape index (κ3) is 4.54. The molecule has 0 aromatic carbocycles. The van der Waals surface area contributed by atoms with Gasteiger partial charge >= 0.3 is 0 Å². The highest BCUT2D eigenvalue weighted by atomic mass is 16.2. The molecule has 1 amide bonds. The first-order valence-corrected chi connectivity index (χ1v) is 6.71. The summed E-state index contributed by atoms with van der Waals surface area (Å²) < 4.78 is 0. The van der Waals surface area contributed by atoms with E-state index in [-0.39, 0.29) is 11.3 Å². The second-order valence-corrected chi connectivity index (χ2v) is 6.06. The summed E-state index contributed by atoms with van der Waals surface area (Å²) in [4.78, 5) is 18.6. The lowest BCUT2D eigenvalue weighted by Gasteiger charge is -2.26. The average molecular weight is 263 g/mol. The van der Waals surface area contributed by atoms with Gasteiger partial charge in [-0.25, -0.2) is 4.98 Å². The van der Waals surface area contributed by atoms with Gasteiger partial charge in [0.05, 0.1) is 0 Å². The van der Waals surface area contributed by atoms with Crippen LogP contribution in [0.4, 0.5) is 5.82 Å². The van der Waals surface area contributed by atoms with E-state index in [0.717, 1.165) is 24.5 Å². The van der Waals surface area contributed by atoms with Crippen LogP contribution in [0.15, 0.2) is 12.1 Å². The van der Waals surface area contributed by atoms with Crippen molar-refractivity contribution in [2.24, 2.45) is 5.41 Å². The van der Waals surface area contributed by atoms with Gasteiger partial charge in [-0.05, 0) is 24.0 Å². The highest BCUT2D eigenvalue weighted by Crippen LogP contribution is 2.17. The summed E-state index contributed by atoms with van der Waals surface area (Å²) >= 11 is 0. The van der Waals surface area contributed by atoms with Gasteiger partial charge in [-0.2, -0.15) is 0 Å². The van der Waals surface area contributed by atoms with Crippen molar-refractivity contribution in [3.8, 4) is 0 Å². The van der Waals surface area contributed by atoms with Crippen LogP contribution in [-0.2, 0) is 6.42 Å². The lowest BCUT2D eigenvalue weighted by molar-refractivity contribution is 0.0745. The molecule has 1 aromatic heterocycles. The molecule has 0 saturated heterocycles. The summed E-state index contributed by atoms with van der Waals surface area (Å²) in [6.07, 6.45) is 0.818. The van der Waals surface area contributed by atoms with Gasteiger partial charge in [-0.3, -0.25) is 4.79 Å². The molecule has 0 fully saturated rings. The predicted molar refractivity (Wildman–Crippen MR) is 79.6 cm³/mol. The smallest absolute Gasteiger partial charge is 0.253 e. The second kappa shape index (κ2) is 6.04. The number of carbonyl (C=O) groups excluding carboxylic acids is 1. The highest BCUT2D eigenvalue weighted by molar-refractivity contribution is 5.94. The van der Waals surface area contributed by atoms with Crippen LogP contribution in [0.2, 0.25) is 0 Å². The highest BCUT2D eigenvalue weighted by Gasteiger charge is 2.19. The standard InChI is InChI=1S/C15H25N3O/c1-7-12-8-11(9-13(16-5)17-12)14(19)18(6)10-15(2,3)4/h8-9H,7,10H2,1-6H3,(H,16,17). The summed E-state index contributed by atoms with van der Waals surface area (Å²) in [6.45, 7) is 9.14. The summed E-state index contributed by atoms with van der Waals surface area (Å²) in [5.41, 5.74) is 1.72. The Bertz CT molecular complexity index is 427. The van der Waals surface area contributed by atoms with Crippen molar-refractivity contribution in [2.45, 2.75) is 34.1 Å². The van der Waals surface area contributed by atoms with E-state index in [1.807, 2.05) is 27.1 Å². The fourth-order valence-corrected chi connectivity index (χ4v) is 2.02. The first-order chi connectivity index (χ1) is 8.76. The third-order valence-corrected chi connectivity index (χ3v) is 2.80. The Morgan fingerprint density at radius 1 is 1.37 bits per heavy atom. The van der Waals surface area contributed by atoms with E-state index in [1.165, 1.54) is 0 Å². The normalized spacial score (nSPS) is 11.3. The fourth-order valence-electron chi connectivity index (χ4n) is 2.02. The number of aromatic nitrogens is 1. The van der Waals surface area contributed by atoms with Crippen molar-refractivity contribution in [1.29, 1.82) is 0 Å². The lowest BCUT2D eigenvalue weighted by Crippen LogP contribution is -2.34. The molecular weight excluding hydrogens is 238 g/mol. The molecule has 1 heterocycles. The quantitative estimate of drug-likeness (QED) is 0.908. The van der Waals surface area contributed by atoms with E-state index >= 15 is 0 Å². The monoisotopic (exact) mass is 263 g/mol. The maximum absolute atomic E-state index is 12.4. The molecule has 0 spiro atoms. The van der Waals surface area contributed by atoms with Crippen molar-refractivity contribution in [3.63, 3.8) is 0 Å². The van der Waals surface area contributed by atoms with Crippen molar-refractivity contribution < 1.29 is 4.79 Å². The van der Waals surface area contributed by atoms with Crippen LogP contribution < -0.4 is 5.32 Å². The van der Waals surface area contributed by atoms with Crippen molar-refractivity contribution in [3.05, 3.63) is 23.4 Å². The second-order valence-electron chi connectivity index (χ2n) is 6.06. The zero-order chi connectivity index (χ0) is 14.6. The maximum Gasteiger partial charge on any atom is 0.253 e. The molecule has 0 saturated carbocycles. The summed E-state index contributed by atoms with van der Waals surface area (Å²) in [7, 11) is 3.66. The van der Waals surface area contributed by atoms with E-state index in [1.54, 1.807) is 11.0 Å². The molecule has 0 atom stereocenters. The summed E-state index contributed by atoms with van der Waals surface area (Å²) in [5.74, 6) is 0.787. The molecule has 0 aliphatic heterocycles. The molecule has 106 valence electrons. The first kappa shape index (κ1) is 15.5. The molecule has 19 heavy (non-hydrogen) atoms. The molecule has 4 heteroatoms.